The van der Waals surface area contributed by atoms with Crippen molar-refractivity contribution >= 4 is 27.2 Å². The molecular weight excluding hydrogens is 319 g/mol. The number of aromatic nitrogens is 1. The largest absolute Gasteiger partial charge is 0.381 e. The number of fused-ring (bicyclic) bond motifs is 1. The Labute approximate surface area is 143 Å². The fraction of sp³-hybridized carbons (Fsp3) is 0.0500. The second-order valence-electron chi connectivity index (χ2n) is 5.51. The summed E-state index contributed by atoms with van der Waals surface area (Å²) >= 11 is 1.68. The minimum Gasteiger partial charge on any atom is -0.381 e. The minimum absolute atomic E-state index is 0.188. The first-order valence-corrected chi connectivity index (χ1v) is 8.54. The average Bonchev–Trinajstić information content (AvgIpc) is 3.06. The van der Waals surface area contributed by atoms with Gasteiger partial charge in [-0.25, -0.2) is 9.37 Å². The Morgan fingerprint density at radius 3 is 2.62 bits per heavy atom. The Hall–Kier alpha value is -2.72. The molecule has 0 aliphatic heterocycles. The van der Waals surface area contributed by atoms with E-state index >= 15 is 0 Å². The summed E-state index contributed by atoms with van der Waals surface area (Å²) in [5.41, 5.74) is 3.69. The second kappa shape index (κ2) is 6.42. The molecule has 4 aromatic rings. The Morgan fingerprint density at radius 2 is 1.75 bits per heavy atom. The highest BCUT2D eigenvalue weighted by atomic mass is 32.1. The van der Waals surface area contributed by atoms with Gasteiger partial charge in [-0.05, 0) is 30.3 Å². The summed E-state index contributed by atoms with van der Waals surface area (Å²) in [5.74, 6) is -0.188. The molecule has 4 heteroatoms. The SMILES string of the molecule is Fc1ccccc1CNc1cccc(-c2nc3ccccc3s2)c1. The van der Waals surface area contributed by atoms with Crippen molar-refractivity contribution in [2.45, 2.75) is 6.54 Å². The molecule has 0 saturated heterocycles. The van der Waals surface area contributed by atoms with E-state index in [1.165, 1.54) is 10.8 Å². The van der Waals surface area contributed by atoms with Crippen molar-refractivity contribution in [1.82, 2.24) is 4.98 Å². The summed E-state index contributed by atoms with van der Waals surface area (Å²) in [4.78, 5) is 4.69. The van der Waals surface area contributed by atoms with Gasteiger partial charge in [-0.2, -0.15) is 0 Å². The fourth-order valence-electron chi connectivity index (χ4n) is 2.60. The maximum Gasteiger partial charge on any atom is 0.128 e. The smallest absolute Gasteiger partial charge is 0.128 e. The molecule has 3 aromatic carbocycles. The van der Waals surface area contributed by atoms with Gasteiger partial charge in [-0.1, -0.05) is 42.5 Å². The van der Waals surface area contributed by atoms with Crippen molar-refractivity contribution in [2.24, 2.45) is 0 Å². The summed E-state index contributed by atoms with van der Waals surface area (Å²) in [6.07, 6.45) is 0. The summed E-state index contributed by atoms with van der Waals surface area (Å²) in [6.45, 7) is 0.454. The number of hydrogen-bond donors (Lipinski definition) is 1. The summed E-state index contributed by atoms with van der Waals surface area (Å²) in [5, 5.41) is 4.27. The number of nitrogens with one attached hydrogen (secondary N) is 1. The lowest BCUT2D eigenvalue weighted by atomic mass is 10.2. The molecule has 118 valence electrons. The van der Waals surface area contributed by atoms with Crippen LogP contribution in [0.3, 0.4) is 0 Å². The normalized spacial score (nSPS) is 10.9. The number of rotatable bonds is 4. The number of nitrogens with zero attached hydrogens (tertiary/aromatic N) is 1. The molecule has 0 spiro atoms. The Kier molecular flexibility index (Phi) is 3.97. The molecule has 1 aromatic heterocycles. The predicted molar refractivity (Wildman–Crippen MR) is 98.8 cm³/mol. The third-order valence-corrected chi connectivity index (χ3v) is 4.93. The predicted octanol–water partition coefficient (Wildman–Crippen LogP) is 5.71. The highest BCUT2D eigenvalue weighted by molar-refractivity contribution is 7.21. The van der Waals surface area contributed by atoms with Crippen LogP contribution in [0.5, 0.6) is 0 Å². The maximum absolute atomic E-state index is 13.7. The van der Waals surface area contributed by atoms with Gasteiger partial charge >= 0.3 is 0 Å². The van der Waals surface area contributed by atoms with Gasteiger partial charge in [0.25, 0.3) is 0 Å². The highest BCUT2D eigenvalue weighted by Crippen LogP contribution is 2.31. The summed E-state index contributed by atoms with van der Waals surface area (Å²) < 4.78 is 14.9. The van der Waals surface area contributed by atoms with E-state index in [0.717, 1.165) is 21.8 Å². The summed E-state index contributed by atoms with van der Waals surface area (Å²) in [6, 6.07) is 23.0. The average molecular weight is 334 g/mol. The van der Waals surface area contributed by atoms with Crippen molar-refractivity contribution < 1.29 is 4.39 Å². The lowest BCUT2D eigenvalue weighted by molar-refractivity contribution is 0.613. The number of halogens is 1. The minimum atomic E-state index is -0.188. The monoisotopic (exact) mass is 334 g/mol. The lowest BCUT2D eigenvalue weighted by Gasteiger charge is -2.08. The van der Waals surface area contributed by atoms with E-state index in [-0.39, 0.29) is 5.82 Å². The topological polar surface area (TPSA) is 24.9 Å². The van der Waals surface area contributed by atoms with Gasteiger partial charge in [-0.15, -0.1) is 11.3 Å². The first-order chi connectivity index (χ1) is 11.8. The van der Waals surface area contributed by atoms with E-state index in [1.807, 2.05) is 42.5 Å². The molecule has 0 fully saturated rings. The maximum atomic E-state index is 13.7. The number of benzene rings is 3. The molecule has 0 saturated carbocycles. The summed E-state index contributed by atoms with van der Waals surface area (Å²) in [7, 11) is 0. The second-order valence-corrected chi connectivity index (χ2v) is 6.54. The van der Waals surface area contributed by atoms with E-state index in [1.54, 1.807) is 23.5 Å². The van der Waals surface area contributed by atoms with Crippen LogP contribution in [0.15, 0.2) is 72.8 Å². The molecule has 4 rings (SSSR count). The molecular formula is C20H15FN2S. The van der Waals surface area contributed by atoms with Crippen molar-refractivity contribution in [1.29, 1.82) is 0 Å². The Morgan fingerprint density at radius 1 is 0.917 bits per heavy atom. The van der Waals surface area contributed by atoms with Crippen LogP contribution in [0.4, 0.5) is 10.1 Å². The van der Waals surface area contributed by atoms with E-state index in [0.29, 0.717) is 12.1 Å². The molecule has 2 nitrogen and oxygen atoms in total. The van der Waals surface area contributed by atoms with Crippen LogP contribution in [0, 0.1) is 5.82 Å². The van der Waals surface area contributed by atoms with Crippen LogP contribution >= 0.6 is 11.3 Å². The van der Waals surface area contributed by atoms with E-state index < -0.39 is 0 Å². The van der Waals surface area contributed by atoms with Crippen LogP contribution in [0.25, 0.3) is 20.8 Å². The third kappa shape index (κ3) is 3.01. The van der Waals surface area contributed by atoms with Crippen molar-refractivity contribution in [3.63, 3.8) is 0 Å². The van der Waals surface area contributed by atoms with Gasteiger partial charge in [0, 0.05) is 23.4 Å². The van der Waals surface area contributed by atoms with Crippen molar-refractivity contribution in [3.05, 3.63) is 84.2 Å². The molecule has 0 aliphatic rings. The molecule has 0 amide bonds. The van der Waals surface area contributed by atoms with Gasteiger partial charge in [0.2, 0.25) is 0 Å². The Bertz CT molecular complexity index is 961. The van der Waals surface area contributed by atoms with Gasteiger partial charge in [0.15, 0.2) is 0 Å². The van der Waals surface area contributed by atoms with Crippen LogP contribution in [0.2, 0.25) is 0 Å². The van der Waals surface area contributed by atoms with E-state index in [9.17, 15) is 4.39 Å². The van der Waals surface area contributed by atoms with Gasteiger partial charge in [-0.3, -0.25) is 0 Å². The third-order valence-electron chi connectivity index (χ3n) is 3.84. The van der Waals surface area contributed by atoms with Crippen LogP contribution in [-0.2, 0) is 6.54 Å². The molecule has 0 atom stereocenters. The Balaban J connectivity index is 1.58. The fourth-order valence-corrected chi connectivity index (χ4v) is 3.56. The number of para-hydroxylation sites is 1. The zero-order valence-electron chi connectivity index (χ0n) is 12.9. The molecule has 1 N–H and O–H groups in total. The number of thiazole rings is 1. The number of anilines is 1. The van der Waals surface area contributed by atoms with Gasteiger partial charge in [0.05, 0.1) is 10.2 Å². The standard InChI is InChI=1S/C20H15FN2S/c21-17-9-2-1-6-15(17)13-22-16-8-5-7-14(12-16)20-23-18-10-3-4-11-19(18)24-20/h1-12,22H,13H2. The van der Waals surface area contributed by atoms with E-state index in [2.05, 4.69) is 22.4 Å². The van der Waals surface area contributed by atoms with Gasteiger partial charge < -0.3 is 5.32 Å². The van der Waals surface area contributed by atoms with Crippen LogP contribution in [-0.4, -0.2) is 4.98 Å². The van der Waals surface area contributed by atoms with E-state index in [4.69, 9.17) is 0 Å². The van der Waals surface area contributed by atoms with Crippen molar-refractivity contribution in [2.75, 3.05) is 5.32 Å². The highest BCUT2D eigenvalue weighted by Gasteiger charge is 2.07. The lowest BCUT2D eigenvalue weighted by Crippen LogP contribution is -2.01. The zero-order valence-corrected chi connectivity index (χ0v) is 13.7. The molecule has 0 unspecified atom stereocenters. The first-order valence-electron chi connectivity index (χ1n) is 7.73. The molecule has 0 aliphatic carbocycles. The quantitative estimate of drug-likeness (QED) is 0.517. The molecule has 0 bridgehead atoms. The van der Waals surface area contributed by atoms with Crippen LogP contribution in [0.1, 0.15) is 5.56 Å². The zero-order chi connectivity index (χ0) is 16.4. The molecule has 24 heavy (non-hydrogen) atoms. The van der Waals surface area contributed by atoms with Crippen molar-refractivity contribution in [3.8, 4) is 10.6 Å². The number of hydrogen-bond acceptors (Lipinski definition) is 3. The molecule has 0 radical (unpaired) electrons. The van der Waals surface area contributed by atoms with Gasteiger partial charge in [0.1, 0.15) is 10.8 Å². The molecule has 1 heterocycles. The first kappa shape index (κ1) is 14.8. The van der Waals surface area contributed by atoms with Crippen LogP contribution < -0.4 is 5.32 Å².